The van der Waals surface area contributed by atoms with Gasteiger partial charge in [-0.25, -0.2) is 13.2 Å². The van der Waals surface area contributed by atoms with E-state index in [9.17, 15) is 13.2 Å². The lowest BCUT2D eigenvalue weighted by Gasteiger charge is -2.17. The first kappa shape index (κ1) is 18.9. The fourth-order valence-corrected chi connectivity index (χ4v) is 4.37. The Morgan fingerprint density at radius 2 is 2.08 bits per heavy atom. The van der Waals surface area contributed by atoms with E-state index in [2.05, 4.69) is 5.32 Å². The lowest BCUT2D eigenvalue weighted by Crippen LogP contribution is -2.06. The summed E-state index contributed by atoms with van der Waals surface area (Å²) in [5.41, 5.74) is 3.13. The van der Waals surface area contributed by atoms with Gasteiger partial charge in [0, 0.05) is 29.6 Å². The van der Waals surface area contributed by atoms with Gasteiger partial charge in [-0.15, -0.1) is 0 Å². The summed E-state index contributed by atoms with van der Waals surface area (Å²) in [6.07, 6.45) is 8.19. The van der Waals surface area contributed by atoms with Crippen LogP contribution in [0.15, 0.2) is 48.5 Å². The molecule has 1 aliphatic carbocycles. The molecule has 2 nitrogen and oxygen atoms in total. The number of halogens is 3. The third-order valence-corrected chi connectivity index (χ3v) is 5.43. The minimum atomic E-state index is -0.604. The normalized spacial score (nSPS) is 16.8. The van der Waals surface area contributed by atoms with E-state index in [4.69, 9.17) is 0 Å². The van der Waals surface area contributed by atoms with Crippen LogP contribution in [-0.4, -0.2) is 16.3 Å². The molecule has 0 bridgehead atoms. The fraction of sp³-hybridized carbons (Fsp3) is 0.300. The van der Waals surface area contributed by atoms with Gasteiger partial charge in [0.15, 0.2) is 0 Å². The maximum atomic E-state index is 14.5. The first-order valence-corrected chi connectivity index (χ1v) is 9.41. The van der Waals surface area contributed by atoms with Crippen LogP contribution >= 0.6 is 11.9 Å². The second kappa shape index (κ2) is 8.18. The molecule has 1 unspecified atom stereocenters. The first-order chi connectivity index (χ1) is 12.5. The van der Waals surface area contributed by atoms with Gasteiger partial charge >= 0.3 is 0 Å². The van der Waals surface area contributed by atoms with E-state index in [0.29, 0.717) is 30.6 Å². The zero-order valence-electron chi connectivity index (χ0n) is 14.7. The number of allylic oxidation sites excluding steroid dienone is 3. The maximum absolute atomic E-state index is 14.5. The van der Waals surface area contributed by atoms with Crippen molar-refractivity contribution in [1.82, 2.24) is 9.29 Å². The summed E-state index contributed by atoms with van der Waals surface area (Å²) in [4.78, 5) is 0. The van der Waals surface area contributed by atoms with Crippen LogP contribution in [0.5, 0.6) is 0 Å². The molecule has 1 aromatic heterocycles. The fourth-order valence-electron chi connectivity index (χ4n) is 3.19. The maximum Gasteiger partial charge on any atom is 0.135 e. The van der Waals surface area contributed by atoms with E-state index in [1.54, 1.807) is 12.2 Å². The van der Waals surface area contributed by atoms with Gasteiger partial charge in [-0.2, -0.15) is 0 Å². The molecular weight excluding hydrogens is 357 g/mol. The summed E-state index contributed by atoms with van der Waals surface area (Å²) in [5.74, 6) is -1.46. The van der Waals surface area contributed by atoms with Crippen molar-refractivity contribution in [2.24, 2.45) is 0 Å². The molecule has 0 radical (unpaired) electrons. The predicted molar refractivity (Wildman–Crippen MR) is 102 cm³/mol. The lowest BCUT2D eigenvalue weighted by atomic mass is 10.0. The van der Waals surface area contributed by atoms with Gasteiger partial charge in [0.05, 0.1) is 5.69 Å². The van der Waals surface area contributed by atoms with Crippen LogP contribution in [0.1, 0.15) is 24.5 Å². The van der Waals surface area contributed by atoms with Crippen LogP contribution in [0.25, 0.3) is 11.3 Å². The quantitative estimate of drug-likeness (QED) is 0.725. The Labute approximate surface area is 155 Å². The van der Waals surface area contributed by atoms with Crippen molar-refractivity contribution in [1.29, 1.82) is 0 Å². The highest BCUT2D eigenvalue weighted by atomic mass is 32.2. The Morgan fingerprint density at radius 3 is 2.73 bits per heavy atom. The Hall–Kier alpha value is -1.92. The van der Waals surface area contributed by atoms with Crippen LogP contribution in [0.2, 0.25) is 0 Å². The lowest BCUT2D eigenvalue weighted by molar-refractivity contribution is 0.585. The standard InChI is InChI=1S/C20H21F3N2S/c1-3-17-13(11-24-2)12-25(26-16-6-4-5-14(21)9-16)20(17)18-8-7-15(22)10-19(18)23/h4-5,7-10,12,16,24H,3,6,11H2,1-2H3. The zero-order chi connectivity index (χ0) is 18.7. The number of benzene rings is 1. The molecule has 26 heavy (non-hydrogen) atoms. The number of nitrogens with zero attached hydrogens (tertiary/aromatic N) is 1. The van der Waals surface area contributed by atoms with Crippen LogP contribution in [0, 0.1) is 11.6 Å². The molecule has 0 saturated heterocycles. The van der Waals surface area contributed by atoms with E-state index in [1.165, 1.54) is 30.2 Å². The van der Waals surface area contributed by atoms with Crippen molar-refractivity contribution >= 4 is 11.9 Å². The molecule has 2 aromatic rings. The average Bonchev–Trinajstić information content (AvgIpc) is 2.92. The number of rotatable bonds is 6. The topological polar surface area (TPSA) is 17.0 Å². The summed E-state index contributed by atoms with van der Waals surface area (Å²) in [6, 6.07) is 3.63. The minimum absolute atomic E-state index is 0.0817. The minimum Gasteiger partial charge on any atom is -0.316 e. The van der Waals surface area contributed by atoms with Gasteiger partial charge in [-0.05, 0) is 67.2 Å². The van der Waals surface area contributed by atoms with Gasteiger partial charge < -0.3 is 5.32 Å². The Balaban J connectivity index is 2.09. The molecular formula is C20H21F3N2S. The van der Waals surface area contributed by atoms with E-state index < -0.39 is 11.6 Å². The SMILES string of the molecule is CCc1c(CNC)cn(SC2C=C(F)C=CC2)c1-c1ccc(F)cc1F. The Bertz CT molecular complexity index is 855. The first-order valence-electron chi connectivity index (χ1n) is 8.57. The molecule has 0 fully saturated rings. The number of hydrogen-bond acceptors (Lipinski definition) is 2. The van der Waals surface area contributed by atoms with E-state index in [-0.39, 0.29) is 11.1 Å². The van der Waals surface area contributed by atoms with E-state index >= 15 is 0 Å². The van der Waals surface area contributed by atoms with Crippen molar-refractivity contribution in [3.05, 3.63) is 71.2 Å². The van der Waals surface area contributed by atoms with Crippen LogP contribution in [-0.2, 0) is 13.0 Å². The monoisotopic (exact) mass is 378 g/mol. The number of aromatic nitrogens is 1. The van der Waals surface area contributed by atoms with Gasteiger partial charge in [-0.3, -0.25) is 3.97 Å². The Morgan fingerprint density at radius 1 is 1.27 bits per heavy atom. The molecule has 0 spiro atoms. The largest absolute Gasteiger partial charge is 0.316 e. The van der Waals surface area contributed by atoms with Crippen LogP contribution < -0.4 is 5.32 Å². The highest BCUT2D eigenvalue weighted by molar-refractivity contribution is 7.98. The molecule has 6 heteroatoms. The molecule has 138 valence electrons. The molecule has 0 amide bonds. The van der Waals surface area contributed by atoms with Crippen molar-refractivity contribution in [2.45, 2.75) is 31.6 Å². The smallest absolute Gasteiger partial charge is 0.135 e. The summed E-state index contributed by atoms with van der Waals surface area (Å²) in [6.45, 7) is 2.65. The third kappa shape index (κ3) is 3.91. The molecule has 1 aliphatic rings. The van der Waals surface area contributed by atoms with Crippen molar-refractivity contribution in [3.63, 3.8) is 0 Å². The van der Waals surface area contributed by atoms with Gasteiger partial charge in [-0.1, -0.05) is 13.0 Å². The number of hydrogen-bond donors (Lipinski definition) is 1. The molecule has 1 heterocycles. The van der Waals surface area contributed by atoms with Gasteiger partial charge in [0.25, 0.3) is 0 Å². The highest BCUT2D eigenvalue weighted by Crippen LogP contribution is 2.37. The van der Waals surface area contributed by atoms with Crippen molar-refractivity contribution in [2.75, 3.05) is 7.05 Å². The second-order valence-electron chi connectivity index (χ2n) is 6.15. The highest BCUT2D eigenvalue weighted by Gasteiger charge is 2.22. The zero-order valence-corrected chi connectivity index (χ0v) is 15.5. The molecule has 1 N–H and O–H groups in total. The predicted octanol–water partition coefficient (Wildman–Crippen LogP) is 5.39. The van der Waals surface area contributed by atoms with Gasteiger partial charge in [0.2, 0.25) is 0 Å². The van der Waals surface area contributed by atoms with Crippen LogP contribution in [0.4, 0.5) is 13.2 Å². The van der Waals surface area contributed by atoms with Crippen molar-refractivity contribution < 1.29 is 13.2 Å². The van der Waals surface area contributed by atoms with Gasteiger partial charge in [0.1, 0.15) is 17.5 Å². The summed E-state index contributed by atoms with van der Waals surface area (Å²) >= 11 is 1.44. The van der Waals surface area contributed by atoms with Crippen molar-refractivity contribution in [3.8, 4) is 11.3 Å². The molecule has 1 aromatic carbocycles. The summed E-state index contributed by atoms with van der Waals surface area (Å²) < 4.78 is 43.4. The molecule has 0 aliphatic heterocycles. The second-order valence-corrected chi connectivity index (χ2v) is 7.36. The summed E-state index contributed by atoms with van der Waals surface area (Å²) in [5, 5.41) is 3.04. The Kier molecular flexibility index (Phi) is 5.94. The third-order valence-electron chi connectivity index (χ3n) is 4.31. The van der Waals surface area contributed by atoms with E-state index in [0.717, 1.165) is 17.2 Å². The van der Waals surface area contributed by atoms with Crippen LogP contribution in [0.3, 0.4) is 0 Å². The molecule has 3 rings (SSSR count). The summed E-state index contributed by atoms with van der Waals surface area (Å²) in [7, 11) is 1.85. The number of nitrogens with one attached hydrogen (secondary N) is 1. The average molecular weight is 378 g/mol. The molecule has 1 atom stereocenters. The van der Waals surface area contributed by atoms with E-state index in [1.807, 2.05) is 24.1 Å². The molecule has 0 saturated carbocycles.